The molecule has 0 aromatic heterocycles. The van der Waals surface area contributed by atoms with E-state index in [4.69, 9.17) is 9.47 Å². The summed E-state index contributed by atoms with van der Waals surface area (Å²) in [6.07, 6.45) is 0.986. The minimum Gasteiger partial charge on any atom is -0.493 e. The van der Waals surface area contributed by atoms with Crippen LogP contribution in [-0.2, 0) is 24.4 Å². The summed E-state index contributed by atoms with van der Waals surface area (Å²) in [4.78, 5) is 0.132. The van der Waals surface area contributed by atoms with E-state index in [2.05, 4.69) is 62.2 Å². The average molecular weight is 410 g/mol. The molecule has 2 aliphatic rings. The molecule has 0 N–H and O–H groups in total. The quantitative estimate of drug-likeness (QED) is 0.657. The highest BCUT2D eigenvalue weighted by molar-refractivity contribution is 9.10. The van der Waals surface area contributed by atoms with Gasteiger partial charge in [0.05, 0.1) is 24.6 Å². The Balaban J connectivity index is 1.77. The monoisotopic (exact) mass is 408 g/mol. The van der Waals surface area contributed by atoms with Gasteiger partial charge in [-0.2, -0.15) is 0 Å². The van der Waals surface area contributed by atoms with E-state index in [1.165, 1.54) is 27.8 Å². The first kappa shape index (κ1) is 13.8. The molecule has 1 unspecified atom stereocenters. The van der Waals surface area contributed by atoms with E-state index in [1.807, 2.05) is 0 Å². The Morgan fingerprint density at radius 2 is 1.86 bits per heavy atom. The van der Waals surface area contributed by atoms with Crippen LogP contribution in [0.15, 0.2) is 34.8 Å². The molecule has 0 bridgehead atoms. The van der Waals surface area contributed by atoms with E-state index in [-0.39, 0.29) is 4.83 Å². The third-order valence-electron chi connectivity index (χ3n) is 4.09. The number of hydrogen-bond donors (Lipinski definition) is 0. The van der Waals surface area contributed by atoms with E-state index in [1.54, 1.807) is 0 Å². The summed E-state index contributed by atoms with van der Waals surface area (Å²) >= 11 is 7.46. The molecular formula is C17H14Br2O2. The summed E-state index contributed by atoms with van der Waals surface area (Å²) in [5, 5.41) is 0. The van der Waals surface area contributed by atoms with Crippen LogP contribution in [0.2, 0.25) is 0 Å². The predicted molar refractivity (Wildman–Crippen MR) is 89.0 cm³/mol. The van der Waals surface area contributed by atoms with Crippen LogP contribution >= 0.6 is 31.9 Å². The van der Waals surface area contributed by atoms with E-state index < -0.39 is 0 Å². The fourth-order valence-electron chi connectivity index (χ4n) is 3.02. The molecule has 2 heterocycles. The number of halogens is 2. The number of fused-ring (bicyclic) bond motifs is 2. The zero-order valence-electron chi connectivity index (χ0n) is 11.4. The standard InChI is InChI=1S/C17H14Br2O2/c18-14-6-11-3-4-21-17(11)15(7-14)16(19)10-1-2-12-8-20-9-13(12)5-10/h1-2,5-7,16H,3-4,8-9H2. The number of rotatable bonds is 2. The van der Waals surface area contributed by atoms with E-state index in [0.29, 0.717) is 0 Å². The first-order valence-corrected chi connectivity index (χ1v) is 8.72. The van der Waals surface area contributed by atoms with Crippen LogP contribution in [0.25, 0.3) is 0 Å². The lowest BCUT2D eigenvalue weighted by Crippen LogP contribution is -1.98. The first-order chi connectivity index (χ1) is 10.2. The van der Waals surface area contributed by atoms with Gasteiger partial charge in [-0.15, -0.1) is 0 Å². The summed E-state index contributed by atoms with van der Waals surface area (Å²) in [6, 6.07) is 10.9. The van der Waals surface area contributed by atoms with Crippen molar-refractivity contribution >= 4 is 31.9 Å². The Labute approximate surface area is 140 Å². The summed E-state index contributed by atoms with van der Waals surface area (Å²) in [5.41, 5.74) is 6.32. The third kappa shape index (κ3) is 2.43. The highest BCUT2D eigenvalue weighted by atomic mass is 79.9. The predicted octanol–water partition coefficient (Wildman–Crippen LogP) is 4.90. The molecule has 2 aromatic carbocycles. The van der Waals surface area contributed by atoms with Crippen LogP contribution in [0, 0.1) is 0 Å². The molecular weight excluding hydrogens is 396 g/mol. The van der Waals surface area contributed by atoms with Crippen LogP contribution in [0.5, 0.6) is 5.75 Å². The van der Waals surface area contributed by atoms with E-state index in [0.717, 1.165) is 36.5 Å². The zero-order valence-corrected chi connectivity index (χ0v) is 14.5. The van der Waals surface area contributed by atoms with Crippen molar-refractivity contribution in [1.29, 1.82) is 0 Å². The van der Waals surface area contributed by atoms with Crippen LogP contribution in [-0.4, -0.2) is 6.61 Å². The van der Waals surface area contributed by atoms with Gasteiger partial charge in [0.25, 0.3) is 0 Å². The van der Waals surface area contributed by atoms with Gasteiger partial charge < -0.3 is 9.47 Å². The first-order valence-electron chi connectivity index (χ1n) is 7.01. The Kier molecular flexibility index (Phi) is 3.56. The lowest BCUT2D eigenvalue weighted by atomic mass is 9.98. The zero-order chi connectivity index (χ0) is 14.4. The molecule has 1 atom stereocenters. The van der Waals surface area contributed by atoms with Gasteiger partial charge in [0, 0.05) is 16.5 Å². The summed E-state index contributed by atoms with van der Waals surface area (Å²) in [5.74, 6) is 1.04. The Morgan fingerprint density at radius 3 is 2.76 bits per heavy atom. The Morgan fingerprint density at radius 1 is 1.00 bits per heavy atom. The van der Waals surface area contributed by atoms with Crippen LogP contribution < -0.4 is 4.74 Å². The van der Waals surface area contributed by atoms with Gasteiger partial charge in [0.2, 0.25) is 0 Å². The smallest absolute Gasteiger partial charge is 0.127 e. The number of alkyl halides is 1. The number of ether oxygens (including phenoxy) is 2. The van der Waals surface area contributed by atoms with Gasteiger partial charge >= 0.3 is 0 Å². The lowest BCUT2D eigenvalue weighted by Gasteiger charge is -2.16. The molecule has 0 saturated carbocycles. The maximum Gasteiger partial charge on any atom is 0.127 e. The van der Waals surface area contributed by atoms with Crippen LogP contribution in [0.1, 0.15) is 32.6 Å². The normalized spacial score (nSPS) is 17.2. The maximum absolute atomic E-state index is 5.84. The molecule has 21 heavy (non-hydrogen) atoms. The number of hydrogen-bond acceptors (Lipinski definition) is 2. The lowest BCUT2D eigenvalue weighted by molar-refractivity contribution is 0.134. The van der Waals surface area contributed by atoms with Crippen LogP contribution in [0.4, 0.5) is 0 Å². The van der Waals surface area contributed by atoms with Gasteiger partial charge in [-0.05, 0) is 34.4 Å². The molecule has 4 rings (SSSR count). The molecule has 0 spiro atoms. The van der Waals surface area contributed by atoms with Gasteiger partial charge in [-0.25, -0.2) is 0 Å². The molecule has 0 radical (unpaired) electrons. The fourth-order valence-corrected chi connectivity index (χ4v) is 4.16. The molecule has 4 heteroatoms. The van der Waals surface area contributed by atoms with Crippen molar-refractivity contribution < 1.29 is 9.47 Å². The Bertz CT molecular complexity index is 712. The molecule has 2 nitrogen and oxygen atoms in total. The second-order valence-corrected chi connectivity index (χ2v) is 7.30. The van der Waals surface area contributed by atoms with Crippen molar-refractivity contribution in [1.82, 2.24) is 0 Å². The topological polar surface area (TPSA) is 18.5 Å². The van der Waals surface area contributed by atoms with Crippen molar-refractivity contribution in [3.8, 4) is 5.75 Å². The highest BCUT2D eigenvalue weighted by Crippen LogP contribution is 2.43. The maximum atomic E-state index is 5.84. The van der Waals surface area contributed by atoms with E-state index in [9.17, 15) is 0 Å². The van der Waals surface area contributed by atoms with Crippen molar-refractivity contribution in [2.45, 2.75) is 24.5 Å². The van der Waals surface area contributed by atoms with Gasteiger partial charge in [-0.1, -0.05) is 50.1 Å². The molecule has 2 aromatic rings. The third-order valence-corrected chi connectivity index (χ3v) is 5.57. The second kappa shape index (κ2) is 5.41. The summed E-state index contributed by atoms with van der Waals surface area (Å²) in [7, 11) is 0. The van der Waals surface area contributed by atoms with Crippen molar-refractivity contribution in [2.24, 2.45) is 0 Å². The molecule has 0 saturated heterocycles. The van der Waals surface area contributed by atoms with Crippen molar-refractivity contribution in [3.05, 3.63) is 62.6 Å². The summed E-state index contributed by atoms with van der Waals surface area (Å²) in [6.45, 7) is 2.23. The van der Waals surface area contributed by atoms with Crippen molar-refractivity contribution in [3.63, 3.8) is 0 Å². The van der Waals surface area contributed by atoms with E-state index >= 15 is 0 Å². The largest absolute Gasteiger partial charge is 0.493 e. The van der Waals surface area contributed by atoms with Gasteiger partial charge in [0.1, 0.15) is 5.75 Å². The van der Waals surface area contributed by atoms with Gasteiger partial charge in [0.15, 0.2) is 0 Å². The van der Waals surface area contributed by atoms with Crippen molar-refractivity contribution in [2.75, 3.05) is 6.61 Å². The molecule has 0 amide bonds. The highest BCUT2D eigenvalue weighted by Gasteiger charge is 2.24. The van der Waals surface area contributed by atoms with Gasteiger partial charge in [-0.3, -0.25) is 0 Å². The Hall–Kier alpha value is -0.840. The molecule has 0 aliphatic carbocycles. The molecule has 108 valence electrons. The summed E-state index contributed by atoms with van der Waals surface area (Å²) < 4.78 is 12.5. The molecule has 0 fully saturated rings. The fraction of sp³-hybridized carbons (Fsp3) is 0.294. The minimum atomic E-state index is 0.132. The SMILES string of the molecule is Brc1cc2c(c(C(Br)c3ccc4c(c3)COC4)c1)OCC2. The van der Waals surface area contributed by atoms with Crippen LogP contribution in [0.3, 0.4) is 0 Å². The molecule has 2 aliphatic heterocycles. The minimum absolute atomic E-state index is 0.132. The number of benzene rings is 2. The second-order valence-electron chi connectivity index (χ2n) is 5.47. The average Bonchev–Trinajstić information content (AvgIpc) is 3.12.